The molecule has 0 unspecified atom stereocenters. The van der Waals surface area contributed by atoms with Gasteiger partial charge in [0.2, 0.25) is 0 Å². The third kappa shape index (κ3) is 6.62. The molecule has 0 aromatic heterocycles. The SMILES string of the molecule is C=C(O)/C(C=O)=C/N=C\C=C/NN(C)Cc1ccc(F)cc1. The number of hydrogen-bond donors (Lipinski definition) is 2. The normalized spacial score (nSPS) is 12.2. The lowest BCUT2D eigenvalue weighted by Crippen LogP contribution is -2.29. The molecular weight excluding hydrogens is 285 g/mol. The molecule has 0 spiro atoms. The van der Waals surface area contributed by atoms with Gasteiger partial charge < -0.3 is 10.5 Å². The standard InChI is InChI=1S/C16H18FN3O2/c1-13(22)15(12-21)10-18-8-3-9-19-20(2)11-14-4-6-16(17)7-5-14/h3-10,12,19,22H,1,11H2,2H3/b9-3-,15-10+,18-8-. The summed E-state index contributed by atoms with van der Waals surface area (Å²) in [5.74, 6) is -0.586. The monoisotopic (exact) mass is 303 g/mol. The largest absolute Gasteiger partial charge is 0.508 e. The molecule has 1 aromatic rings. The minimum Gasteiger partial charge on any atom is -0.508 e. The van der Waals surface area contributed by atoms with Crippen molar-refractivity contribution in [2.24, 2.45) is 4.99 Å². The molecule has 0 fully saturated rings. The number of carbonyl (C=O) groups excluding carboxylic acids is 1. The van der Waals surface area contributed by atoms with Crippen molar-refractivity contribution in [2.45, 2.75) is 6.54 Å². The lowest BCUT2D eigenvalue weighted by molar-refractivity contribution is -0.104. The number of rotatable bonds is 8. The maximum atomic E-state index is 12.8. The van der Waals surface area contributed by atoms with E-state index in [2.05, 4.69) is 17.0 Å². The number of aliphatic hydroxyl groups is 1. The average Bonchev–Trinajstić information content (AvgIpc) is 2.48. The Hall–Kier alpha value is -2.73. The quantitative estimate of drug-likeness (QED) is 0.193. The van der Waals surface area contributed by atoms with Crippen LogP contribution in [0.4, 0.5) is 4.39 Å². The van der Waals surface area contributed by atoms with E-state index >= 15 is 0 Å². The summed E-state index contributed by atoms with van der Waals surface area (Å²) in [6, 6.07) is 6.26. The van der Waals surface area contributed by atoms with Gasteiger partial charge in [-0.1, -0.05) is 18.7 Å². The van der Waals surface area contributed by atoms with Gasteiger partial charge in [0.1, 0.15) is 11.6 Å². The van der Waals surface area contributed by atoms with Crippen LogP contribution in [-0.2, 0) is 11.3 Å². The van der Waals surface area contributed by atoms with Gasteiger partial charge in [-0.2, -0.15) is 0 Å². The van der Waals surface area contributed by atoms with Crippen LogP contribution in [0.5, 0.6) is 0 Å². The van der Waals surface area contributed by atoms with Gasteiger partial charge in [-0.25, -0.2) is 9.40 Å². The number of aliphatic hydroxyl groups excluding tert-OH is 1. The number of aldehydes is 1. The summed E-state index contributed by atoms with van der Waals surface area (Å²) in [5, 5.41) is 10.8. The van der Waals surface area contributed by atoms with E-state index < -0.39 is 0 Å². The van der Waals surface area contributed by atoms with E-state index in [1.54, 1.807) is 29.4 Å². The van der Waals surface area contributed by atoms with Crippen LogP contribution < -0.4 is 5.43 Å². The molecular formula is C16H18FN3O2. The minimum atomic E-state index is -0.326. The maximum Gasteiger partial charge on any atom is 0.155 e. The van der Waals surface area contributed by atoms with Crippen molar-refractivity contribution in [2.75, 3.05) is 7.05 Å². The lowest BCUT2D eigenvalue weighted by Gasteiger charge is -2.16. The molecule has 22 heavy (non-hydrogen) atoms. The molecule has 0 aliphatic carbocycles. The zero-order chi connectivity index (χ0) is 16.4. The summed E-state index contributed by atoms with van der Waals surface area (Å²) in [7, 11) is 1.84. The van der Waals surface area contributed by atoms with Crippen molar-refractivity contribution in [3.63, 3.8) is 0 Å². The molecule has 0 saturated heterocycles. The molecule has 6 heteroatoms. The topological polar surface area (TPSA) is 64.9 Å². The van der Waals surface area contributed by atoms with Gasteiger partial charge in [-0.05, 0) is 23.8 Å². The van der Waals surface area contributed by atoms with Crippen molar-refractivity contribution in [3.8, 4) is 0 Å². The fourth-order valence-corrected chi connectivity index (χ4v) is 1.47. The Bertz CT molecular complexity index is 592. The summed E-state index contributed by atoms with van der Waals surface area (Å²) in [6.07, 6.45) is 6.40. The second kappa shape index (κ2) is 9.25. The highest BCUT2D eigenvalue weighted by atomic mass is 19.1. The van der Waals surface area contributed by atoms with E-state index in [0.717, 1.165) is 5.56 Å². The fraction of sp³-hybridized carbons (Fsp3) is 0.125. The van der Waals surface area contributed by atoms with Crippen LogP contribution in [0, 0.1) is 5.82 Å². The number of allylic oxidation sites excluding steroid dienone is 2. The molecule has 0 saturated carbocycles. The van der Waals surface area contributed by atoms with E-state index in [4.69, 9.17) is 5.11 Å². The van der Waals surface area contributed by atoms with Crippen LogP contribution in [0.3, 0.4) is 0 Å². The molecule has 2 N–H and O–H groups in total. The maximum absolute atomic E-state index is 12.8. The van der Waals surface area contributed by atoms with Crippen molar-refractivity contribution in [1.29, 1.82) is 0 Å². The molecule has 0 amide bonds. The van der Waals surface area contributed by atoms with Gasteiger partial charge in [-0.15, -0.1) is 0 Å². The first-order valence-corrected chi connectivity index (χ1v) is 6.46. The van der Waals surface area contributed by atoms with Gasteiger partial charge in [0.15, 0.2) is 6.29 Å². The summed E-state index contributed by atoms with van der Waals surface area (Å²) >= 11 is 0. The highest BCUT2D eigenvalue weighted by Gasteiger charge is 1.98. The van der Waals surface area contributed by atoms with Crippen LogP contribution in [0.15, 0.2) is 65.6 Å². The number of hydrogen-bond acceptors (Lipinski definition) is 5. The predicted octanol–water partition coefficient (Wildman–Crippen LogP) is 2.50. The second-order valence-electron chi connectivity index (χ2n) is 4.42. The Morgan fingerprint density at radius 3 is 2.73 bits per heavy atom. The van der Waals surface area contributed by atoms with Gasteiger partial charge in [-0.3, -0.25) is 9.79 Å². The summed E-state index contributed by atoms with van der Waals surface area (Å²) < 4.78 is 12.8. The van der Waals surface area contributed by atoms with E-state index in [1.807, 2.05) is 7.05 Å². The number of benzene rings is 1. The Balaban J connectivity index is 2.40. The first kappa shape index (κ1) is 17.3. The van der Waals surface area contributed by atoms with Gasteiger partial charge in [0, 0.05) is 32.2 Å². The van der Waals surface area contributed by atoms with Crippen molar-refractivity contribution >= 4 is 12.5 Å². The van der Waals surface area contributed by atoms with Crippen molar-refractivity contribution in [1.82, 2.24) is 10.4 Å². The molecule has 1 rings (SSSR count). The molecule has 0 aliphatic heterocycles. The molecule has 0 radical (unpaired) electrons. The molecule has 5 nitrogen and oxygen atoms in total. The zero-order valence-electron chi connectivity index (χ0n) is 12.2. The number of aliphatic imine (C=N–C) groups is 1. The Labute approximate surface area is 128 Å². The predicted molar refractivity (Wildman–Crippen MR) is 84.6 cm³/mol. The van der Waals surface area contributed by atoms with Crippen LogP contribution in [-0.4, -0.2) is 29.7 Å². The fourth-order valence-electron chi connectivity index (χ4n) is 1.47. The average molecular weight is 303 g/mol. The van der Waals surface area contributed by atoms with Gasteiger partial charge in [0.05, 0.1) is 5.57 Å². The summed E-state index contributed by atoms with van der Waals surface area (Å²) in [6.45, 7) is 3.83. The van der Waals surface area contributed by atoms with Gasteiger partial charge in [0.25, 0.3) is 0 Å². The first-order valence-electron chi connectivity index (χ1n) is 6.46. The second-order valence-corrected chi connectivity index (χ2v) is 4.42. The van der Waals surface area contributed by atoms with Crippen molar-refractivity contribution < 1.29 is 14.3 Å². The Morgan fingerprint density at radius 1 is 1.45 bits per heavy atom. The third-order valence-corrected chi connectivity index (χ3v) is 2.57. The smallest absolute Gasteiger partial charge is 0.155 e. The first-order chi connectivity index (χ1) is 10.5. The molecule has 0 aliphatic rings. The van der Waals surface area contributed by atoms with Crippen LogP contribution in [0.1, 0.15) is 5.56 Å². The number of nitrogens with one attached hydrogen (secondary N) is 1. The summed E-state index contributed by atoms with van der Waals surface area (Å²) in [4.78, 5) is 14.4. The highest BCUT2D eigenvalue weighted by molar-refractivity contribution is 5.79. The van der Waals surface area contributed by atoms with E-state index in [1.165, 1.54) is 24.5 Å². The number of nitrogens with zero attached hydrogens (tertiary/aromatic N) is 2. The number of carbonyl (C=O) groups is 1. The molecule has 116 valence electrons. The highest BCUT2D eigenvalue weighted by Crippen LogP contribution is 2.04. The van der Waals surface area contributed by atoms with Gasteiger partial charge >= 0.3 is 0 Å². The molecule has 0 atom stereocenters. The Morgan fingerprint density at radius 2 is 2.14 bits per heavy atom. The van der Waals surface area contributed by atoms with Crippen molar-refractivity contribution in [3.05, 3.63) is 72.0 Å². The number of hydrazine groups is 1. The molecule has 0 bridgehead atoms. The zero-order valence-corrected chi connectivity index (χ0v) is 12.2. The number of halogens is 1. The van der Waals surface area contributed by atoms with Crippen LogP contribution in [0.2, 0.25) is 0 Å². The van der Waals surface area contributed by atoms with Crippen LogP contribution >= 0.6 is 0 Å². The minimum absolute atomic E-state index is 0.0195. The molecule has 0 heterocycles. The lowest BCUT2D eigenvalue weighted by atomic mass is 10.2. The van der Waals surface area contributed by atoms with E-state index in [0.29, 0.717) is 12.8 Å². The Kier molecular flexibility index (Phi) is 7.28. The third-order valence-electron chi connectivity index (χ3n) is 2.57. The van der Waals surface area contributed by atoms with Crippen LogP contribution in [0.25, 0.3) is 0 Å². The molecule has 1 aromatic carbocycles. The van der Waals surface area contributed by atoms with E-state index in [9.17, 15) is 9.18 Å². The summed E-state index contributed by atoms with van der Waals surface area (Å²) in [5.41, 5.74) is 3.97. The van der Waals surface area contributed by atoms with E-state index in [-0.39, 0.29) is 17.1 Å².